The Morgan fingerprint density at radius 1 is 1.38 bits per heavy atom. The SMILES string of the molecule is CCOC(=O)C1=C(Cn2cnc3sc(C)c(C)c3c2=O)NC(=O)N[C@@H]1C. The van der Waals surface area contributed by atoms with E-state index >= 15 is 0 Å². The molecule has 0 fully saturated rings. The number of rotatable bonds is 4. The van der Waals surface area contributed by atoms with Crippen molar-refractivity contribution in [2.24, 2.45) is 0 Å². The summed E-state index contributed by atoms with van der Waals surface area (Å²) in [5.41, 5.74) is 1.34. The average Bonchev–Trinajstić information content (AvgIpc) is 2.85. The van der Waals surface area contributed by atoms with Crippen LogP contribution in [0.15, 0.2) is 22.4 Å². The Morgan fingerprint density at radius 2 is 2.12 bits per heavy atom. The minimum Gasteiger partial charge on any atom is -0.463 e. The van der Waals surface area contributed by atoms with E-state index in [1.54, 1.807) is 13.8 Å². The van der Waals surface area contributed by atoms with E-state index < -0.39 is 18.0 Å². The summed E-state index contributed by atoms with van der Waals surface area (Å²) < 4.78 is 6.49. The largest absolute Gasteiger partial charge is 0.463 e. The Morgan fingerprint density at radius 3 is 2.81 bits per heavy atom. The number of fused-ring (bicyclic) bond motifs is 1. The van der Waals surface area contributed by atoms with Crippen molar-refractivity contribution in [1.29, 1.82) is 0 Å². The van der Waals surface area contributed by atoms with Gasteiger partial charge in [-0.3, -0.25) is 9.36 Å². The van der Waals surface area contributed by atoms with Crippen LogP contribution in [0.1, 0.15) is 24.3 Å². The zero-order valence-electron chi connectivity index (χ0n) is 15.0. The second-order valence-corrected chi connectivity index (χ2v) is 7.28. The summed E-state index contributed by atoms with van der Waals surface area (Å²) in [5.74, 6) is -0.521. The number of aryl methyl sites for hydroxylation is 2. The fourth-order valence-electron chi connectivity index (χ4n) is 2.96. The summed E-state index contributed by atoms with van der Waals surface area (Å²) in [6.07, 6.45) is 1.44. The second kappa shape index (κ2) is 6.91. The highest BCUT2D eigenvalue weighted by molar-refractivity contribution is 7.18. The van der Waals surface area contributed by atoms with Crippen molar-refractivity contribution in [3.05, 3.63) is 38.4 Å². The molecule has 0 saturated carbocycles. The van der Waals surface area contributed by atoms with E-state index in [0.29, 0.717) is 21.5 Å². The highest BCUT2D eigenvalue weighted by atomic mass is 32.1. The first kappa shape index (κ1) is 18.1. The number of nitrogens with one attached hydrogen (secondary N) is 2. The van der Waals surface area contributed by atoms with Crippen LogP contribution in [0.4, 0.5) is 4.79 Å². The van der Waals surface area contributed by atoms with Gasteiger partial charge in [-0.15, -0.1) is 11.3 Å². The van der Waals surface area contributed by atoms with Crippen molar-refractivity contribution in [2.45, 2.75) is 40.3 Å². The van der Waals surface area contributed by atoms with Gasteiger partial charge in [0.05, 0.1) is 42.2 Å². The first-order chi connectivity index (χ1) is 12.3. The molecule has 9 heteroatoms. The number of allylic oxidation sites excluding steroid dienone is 1. The van der Waals surface area contributed by atoms with Gasteiger partial charge in [-0.1, -0.05) is 0 Å². The Hall–Kier alpha value is -2.68. The van der Waals surface area contributed by atoms with Gasteiger partial charge in [0.1, 0.15) is 4.83 Å². The van der Waals surface area contributed by atoms with Gasteiger partial charge < -0.3 is 15.4 Å². The fraction of sp³-hybridized carbons (Fsp3) is 0.412. The molecular weight excluding hydrogens is 356 g/mol. The summed E-state index contributed by atoms with van der Waals surface area (Å²) in [4.78, 5) is 43.1. The van der Waals surface area contributed by atoms with Crippen molar-refractivity contribution in [1.82, 2.24) is 20.2 Å². The molecule has 2 amide bonds. The number of amides is 2. The molecule has 2 aromatic heterocycles. The van der Waals surface area contributed by atoms with Crippen LogP contribution in [0.3, 0.4) is 0 Å². The topological polar surface area (TPSA) is 102 Å². The molecule has 2 N–H and O–H groups in total. The molecule has 0 spiro atoms. The number of urea groups is 1. The molecule has 8 nitrogen and oxygen atoms in total. The van der Waals surface area contributed by atoms with Gasteiger partial charge >= 0.3 is 12.0 Å². The van der Waals surface area contributed by atoms with Gasteiger partial charge in [0.2, 0.25) is 0 Å². The summed E-state index contributed by atoms with van der Waals surface area (Å²) in [6, 6.07) is -0.944. The Bertz CT molecular complexity index is 989. The summed E-state index contributed by atoms with van der Waals surface area (Å²) in [7, 11) is 0. The predicted octanol–water partition coefficient (Wildman–Crippen LogP) is 1.59. The monoisotopic (exact) mass is 376 g/mol. The molecule has 0 aliphatic carbocycles. The zero-order valence-corrected chi connectivity index (χ0v) is 15.8. The Balaban J connectivity index is 2.08. The van der Waals surface area contributed by atoms with Crippen LogP contribution in [0.25, 0.3) is 10.2 Å². The Labute approximate surface area is 153 Å². The van der Waals surface area contributed by atoms with Crippen LogP contribution in [0.5, 0.6) is 0 Å². The molecule has 0 aromatic carbocycles. The third kappa shape index (κ3) is 3.10. The lowest BCUT2D eigenvalue weighted by atomic mass is 10.0. The minimum absolute atomic E-state index is 0.0298. The third-order valence-electron chi connectivity index (χ3n) is 4.35. The third-order valence-corrected chi connectivity index (χ3v) is 5.47. The molecule has 0 radical (unpaired) electrons. The van der Waals surface area contributed by atoms with Crippen LogP contribution < -0.4 is 16.2 Å². The molecule has 0 unspecified atom stereocenters. The van der Waals surface area contributed by atoms with Crippen molar-refractivity contribution in [2.75, 3.05) is 6.61 Å². The number of nitrogens with zero attached hydrogens (tertiary/aromatic N) is 2. The first-order valence-corrected chi connectivity index (χ1v) is 9.08. The van der Waals surface area contributed by atoms with Gasteiger partial charge in [-0.05, 0) is 33.3 Å². The van der Waals surface area contributed by atoms with Crippen molar-refractivity contribution in [3.8, 4) is 0 Å². The molecule has 0 saturated heterocycles. The van der Waals surface area contributed by atoms with Gasteiger partial charge in [0.15, 0.2) is 0 Å². The van der Waals surface area contributed by atoms with E-state index in [4.69, 9.17) is 4.74 Å². The van der Waals surface area contributed by atoms with Crippen LogP contribution in [0.2, 0.25) is 0 Å². The number of carbonyl (C=O) groups is 2. The Kier molecular flexibility index (Phi) is 4.82. The molecule has 3 rings (SSSR count). The average molecular weight is 376 g/mol. The smallest absolute Gasteiger partial charge is 0.337 e. The summed E-state index contributed by atoms with van der Waals surface area (Å²) in [6.45, 7) is 7.49. The van der Waals surface area contributed by atoms with Gasteiger partial charge in [-0.2, -0.15) is 0 Å². The lowest BCUT2D eigenvalue weighted by Gasteiger charge is -2.26. The number of carbonyl (C=O) groups excluding carboxylic acids is 2. The number of thiophene rings is 1. The molecule has 0 bridgehead atoms. The highest BCUT2D eigenvalue weighted by Gasteiger charge is 2.30. The molecule has 3 heterocycles. The van der Waals surface area contributed by atoms with Crippen LogP contribution in [-0.4, -0.2) is 34.2 Å². The van der Waals surface area contributed by atoms with E-state index in [9.17, 15) is 14.4 Å². The number of esters is 1. The van der Waals surface area contributed by atoms with Crippen LogP contribution in [0, 0.1) is 13.8 Å². The lowest BCUT2D eigenvalue weighted by molar-refractivity contribution is -0.139. The fourth-order valence-corrected chi connectivity index (χ4v) is 3.94. The van der Waals surface area contributed by atoms with E-state index in [1.807, 2.05) is 13.8 Å². The van der Waals surface area contributed by atoms with Crippen LogP contribution in [-0.2, 0) is 16.1 Å². The quantitative estimate of drug-likeness (QED) is 0.789. The molecule has 1 atom stereocenters. The van der Waals surface area contributed by atoms with E-state index in [0.717, 1.165) is 10.4 Å². The van der Waals surface area contributed by atoms with Gasteiger partial charge in [-0.25, -0.2) is 14.6 Å². The van der Waals surface area contributed by atoms with Crippen molar-refractivity contribution < 1.29 is 14.3 Å². The standard InChI is InChI=1S/C17H20N4O4S/c1-5-25-16(23)13-9(3)19-17(24)20-11(13)6-21-7-18-14-12(15(21)22)8(2)10(4)26-14/h7,9H,5-6H2,1-4H3,(H2,19,20,24)/t9-/m1/s1. The van der Waals surface area contributed by atoms with Gasteiger partial charge in [0, 0.05) is 4.88 Å². The van der Waals surface area contributed by atoms with E-state index in [1.165, 1.54) is 22.2 Å². The molecule has 2 aromatic rings. The predicted molar refractivity (Wildman–Crippen MR) is 98.1 cm³/mol. The molecule has 26 heavy (non-hydrogen) atoms. The van der Waals surface area contributed by atoms with E-state index in [2.05, 4.69) is 15.6 Å². The number of aromatic nitrogens is 2. The first-order valence-electron chi connectivity index (χ1n) is 8.26. The molecule has 1 aliphatic rings. The zero-order chi connectivity index (χ0) is 19.0. The molecule has 138 valence electrons. The normalized spacial score (nSPS) is 17.2. The number of ether oxygens (including phenoxy) is 1. The van der Waals surface area contributed by atoms with Gasteiger partial charge in [0.25, 0.3) is 5.56 Å². The summed E-state index contributed by atoms with van der Waals surface area (Å²) in [5, 5.41) is 5.83. The molecule has 1 aliphatic heterocycles. The maximum atomic E-state index is 12.9. The van der Waals surface area contributed by atoms with Crippen LogP contribution >= 0.6 is 11.3 Å². The summed E-state index contributed by atoms with van der Waals surface area (Å²) >= 11 is 1.47. The van der Waals surface area contributed by atoms with Crippen molar-refractivity contribution >= 4 is 33.6 Å². The lowest BCUT2D eigenvalue weighted by Crippen LogP contribution is -2.50. The maximum Gasteiger partial charge on any atom is 0.337 e. The minimum atomic E-state index is -0.521. The molecular formula is C17H20N4O4S. The highest BCUT2D eigenvalue weighted by Crippen LogP contribution is 2.25. The van der Waals surface area contributed by atoms with E-state index in [-0.39, 0.29) is 18.7 Å². The maximum absolute atomic E-state index is 12.9. The van der Waals surface area contributed by atoms with Crippen molar-refractivity contribution in [3.63, 3.8) is 0 Å². The number of hydrogen-bond donors (Lipinski definition) is 2. The second-order valence-electron chi connectivity index (χ2n) is 6.07. The number of hydrogen-bond acceptors (Lipinski definition) is 6.